The molecule has 0 bridgehead atoms. The van der Waals surface area contributed by atoms with Gasteiger partial charge in [-0.15, -0.1) is 12.6 Å². The predicted octanol–water partition coefficient (Wildman–Crippen LogP) is 0.858. The molecule has 0 aliphatic carbocycles. The predicted molar refractivity (Wildman–Crippen MR) is 48.6 cm³/mol. The highest BCUT2D eigenvalue weighted by molar-refractivity contribution is 7.80. The molecule has 0 heterocycles. The molecule has 0 amide bonds. The van der Waals surface area contributed by atoms with E-state index in [-0.39, 0.29) is 6.61 Å². The summed E-state index contributed by atoms with van der Waals surface area (Å²) in [7, 11) is 0. The summed E-state index contributed by atoms with van der Waals surface area (Å²) in [5.41, 5.74) is 1.72. The Labute approximate surface area is 76.5 Å². The summed E-state index contributed by atoms with van der Waals surface area (Å²) in [6.07, 6.45) is 0. The average molecular weight is 185 g/mol. The van der Waals surface area contributed by atoms with Gasteiger partial charge in [-0.25, -0.2) is 5.90 Å². The van der Waals surface area contributed by atoms with Crippen LogP contribution in [0.2, 0.25) is 0 Å². The van der Waals surface area contributed by atoms with E-state index in [2.05, 4.69) is 17.5 Å². The van der Waals surface area contributed by atoms with Gasteiger partial charge in [0.05, 0.1) is 13.2 Å². The van der Waals surface area contributed by atoms with Gasteiger partial charge in [-0.3, -0.25) is 4.84 Å². The van der Waals surface area contributed by atoms with E-state index in [9.17, 15) is 0 Å². The number of hydrogen-bond donors (Lipinski definition) is 3. The normalized spacial score (nSPS) is 10.2. The molecule has 0 atom stereocenters. The van der Waals surface area contributed by atoms with Crippen molar-refractivity contribution in [3.63, 3.8) is 0 Å². The quantitative estimate of drug-likeness (QED) is 0.483. The lowest BCUT2D eigenvalue weighted by atomic mass is 10.1. The highest BCUT2D eigenvalue weighted by Gasteiger charge is 1.99. The average Bonchev–Trinajstić information content (AvgIpc) is 2.09. The number of nitrogens with two attached hydrogens (primary N) is 1. The molecule has 0 aliphatic rings. The second-order valence-electron chi connectivity index (χ2n) is 2.43. The third kappa shape index (κ3) is 2.22. The molecule has 66 valence electrons. The summed E-state index contributed by atoms with van der Waals surface area (Å²) in [5, 5.41) is 8.82. The fourth-order valence-electron chi connectivity index (χ4n) is 0.943. The van der Waals surface area contributed by atoms with Crippen molar-refractivity contribution in [1.29, 1.82) is 0 Å². The molecule has 0 fully saturated rings. The van der Waals surface area contributed by atoms with Crippen LogP contribution in [0.25, 0.3) is 0 Å². The van der Waals surface area contributed by atoms with Gasteiger partial charge in [-0.2, -0.15) is 0 Å². The standard InChI is InChI=1S/C8H11NO2S/c9-11-5-7-3-6(4-10)1-2-8(7)12/h1-3,10,12H,4-5,9H2. The number of aliphatic hydroxyl groups excluding tert-OH is 1. The van der Waals surface area contributed by atoms with E-state index in [1.54, 1.807) is 0 Å². The smallest absolute Gasteiger partial charge is 0.0940 e. The number of benzene rings is 1. The summed E-state index contributed by atoms with van der Waals surface area (Å²) >= 11 is 4.20. The highest BCUT2D eigenvalue weighted by atomic mass is 32.1. The third-order valence-electron chi connectivity index (χ3n) is 1.57. The van der Waals surface area contributed by atoms with Crippen molar-refractivity contribution in [3.8, 4) is 0 Å². The number of hydrogen-bond acceptors (Lipinski definition) is 4. The molecule has 1 rings (SSSR count). The lowest BCUT2D eigenvalue weighted by molar-refractivity contribution is 0.122. The van der Waals surface area contributed by atoms with Crippen molar-refractivity contribution in [2.75, 3.05) is 0 Å². The topological polar surface area (TPSA) is 55.5 Å². The van der Waals surface area contributed by atoms with E-state index < -0.39 is 0 Å². The van der Waals surface area contributed by atoms with E-state index in [1.165, 1.54) is 0 Å². The van der Waals surface area contributed by atoms with Crippen molar-refractivity contribution < 1.29 is 9.94 Å². The summed E-state index contributed by atoms with van der Waals surface area (Å²) < 4.78 is 0. The fraction of sp³-hybridized carbons (Fsp3) is 0.250. The van der Waals surface area contributed by atoms with Crippen LogP contribution in [0.5, 0.6) is 0 Å². The third-order valence-corrected chi connectivity index (χ3v) is 2.00. The summed E-state index contributed by atoms with van der Waals surface area (Å²) in [5.74, 6) is 4.92. The van der Waals surface area contributed by atoms with Crippen LogP contribution in [0.4, 0.5) is 0 Å². The molecule has 3 nitrogen and oxygen atoms in total. The van der Waals surface area contributed by atoms with Crippen LogP contribution in [0, 0.1) is 0 Å². The second kappa shape index (κ2) is 4.47. The Morgan fingerprint density at radius 2 is 2.25 bits per heavy atom. The zero-order chi connectivity index (χ0) is 8.97. The number of thiol groups is 1. The van der Waals surface area contributed by atoms with Gasteiger partial charge >= 0.3 is 0 Å². The van der Waals surface area contributed by atoms with Crippen LogP contribution in [0.1, 0.15) is 11.1 Å². The minimum Gasteiger partial charge on any atom is -0.392 e. The Kier molecular flexibility index (Phi) is 3.55. The summed E-state index contributed by atoms with van der Waals surface area (Å²) in [4.78, 5) is 5.29. The monoisotopic (exact) mass is 185 g/mol. The Balaban J connectivity index is 2.91. The van der Waals surface area contributed by atoms with Crippen LogP contribution in [-0.2, 0) is 18.1 Å². The molecule has 0 aliphatic heterocycles. The van der Waals surface area contributed by atoms with Gasteiger partial charge in [0.15, 0.2) is 0 Å². The largest absolute Gasteiger partial charge is 0.392 e. The molecule has 0 saturated heterocycles. The molecular formula is C8H11NO2S. The van der Waals surface area contributed by atoms with Gasteiger partial charge in [0, 0.05) is 4.90 Å². The number of aliphatic hydroxyl groups is 1. The molecule has 12 heavy (non-hydrogen) atoms. The first-order valence-electron chi connectivity index (χ1n) is 3.51. The Bertz CT molecular complexity index is 265. The molecular weight excluding hydrogens is 174 g/mol. The first-order valence-corrected chi connectivity index (χ1v) is 3.96. The Morgan fingerprint density at radius 3 is 2.83 bits per heavy atom. The summed E-state index contributed by atoms with van der Waals surface area (Å²) in [6, 6.07) is 5.43. The number of rotatable bonds is 3. The van der Waals surface area contributed by atoms with Gasteiger partial charge in [-0.1, -0.05) is 6.07 Å². The molecule has 1 aromatic carbocycles. The molecule has 0 radical (unpaired) electrons. The van der Waals surface area contributed by atoms with Gasteiger partial charge in [0.1, 0.15) is 0 Å². The van der Waals surface area contributed by atoms with Crippen LogP contribution in [-0.4, -0.2) is 5.11 Å². The van der Waals surface area contributed by atoms with Gasteiger partial charge in [0.2, 0.25) is 0 Å². The maximum absolute atomic E-state index is 8.82. The SMILES string of the molecule is NOCc1cc(CO)ccc1S. The zero-order valence-corrected chi connectivity index (χ0v) is 7.42. The second-order valence-corrected chi connectivity index (χ2v) is 2.91. The van der Waals surface area contributed by atoms with Gasteiger partial charge in [-0.05, 0) is 23.3 Å². The molecule has 0 saturated carbocycles. The van der Waals surface area contributed by atoms with Crippen LogP contribution < -0.4 is 5.90 Å². The molecule has 1 aromatic rings. The van der Waals surface area contributed by atoms with Crippen molar-refractivity contribution in [2.24, 2.45) is 5.90 Å². The highest BCUT2D eigenvalue weighted by Crippen LogP contribution is 2.16. The van der Waals surface area contributed by atoms with Gasteiger partial charge < -0.3 is 5.11 Å². The fourth-order valence-corrected chi connectivity index (χ4v) is 1.15. The lowest BCUT2D eigenvalue weighted by Crippen LogP contribution is -2.00. The Hall–Kier alpha value is -0.550. The van der Waals surface area contributed by atoms with E-state index in [4.69, 9.17) is 11.0 Å². The molecule has 4 heteroatoms. The maximum Gasteiger partial charge on any atom is 0.0940 e. The minimum absolute atomic E-state index is 0.0195. The Morgan fingerprint density at radius 1 is 1.50 bits per heavy atom. The minimum atomic E-state index is 0.0195. The summed E-state index contributed by atoms with van der Waals surface area (Å²) in [6.45, 7) is 0.332. The van der Waals surface area contributed by atoms with E-state index in [1.807, 2.05) is 18.2 Å². The van der Waals surface area contributed by atoms with Crippen LogP contribution >= 0.6 is 12.6 Å². The van der Waals surface area contributed by atoms with Crippen molar-refractivity contribution >= 4 is 12.6 Å². The van der Waals surface area contributed by atoms with E-state index in [0.29, 0.717) is 6.61 Å². The van der Waals surface area contributed by atoms with Crippen LogP contribution in [0.3, 0.4) is 0 Å². The van der Waals surface area contributed by atoms with Crippen molar-refractivity contribution in [2.45, 2.75) is 18.1 Å². The van der Waals surface area contributed by atoms with Crippen molar-refractivity contribution in [1.82, 2.24) is 0 Å². The molecule has 0 spiro atoms. The first kappa shape index (κ1) is 9.54. The molecule has 0 unspecified atom stereocenters. The maximum atomic E-state index is 8.82. The van der Waals surface area contributed by atoms with E-state index in [0.717, 1.165) is 16.0 Å². The lowest BCUT2D eigenvalue weighted by Gasteiger charge is -2.04. The zero-order valence-electron chi connectivity index (χ0n) is 6.53. The van der Waals surface area contributed by atoms with Gasteiger partial charge in [0.25, 0.3) is 0 Å². The molecule has 0 aromatic heterocycles. The molecule has 3 N–H and O–H groups in total. The van der Waals surface area contributed by atoms with E-state index >= 15 is 0 Å². The first-order chi connectivity index (χ1) is 5.77. The van der Waals surface area contributed by atoms with Crippen LogP contribution in [0.15, 0.2) is 23.1 Å². The van der Waals surface area contributed by atoms with Crippen molar-refractivity contribution in [3.05, 3.63) is 29.3 Å².